The minimum Gasteiger partial charge on any atom is -0.444 e. The van der Waals surface area contributed by atoms with Crippen molar-refractivity contribution in [3.63, 3.8) is 0 Å². The van der Waals surface area contributed by atoms with Crippen molar-refractivity contribution in [3.05, 3.63) is 57.7 Å². The molecule has 36 heavy (non-hydrogen) atoms. The maximum Gasteiger partial charge on any atom is 0.410 e. The third-order valence-corrected chi connectivity index (χ3v) is 6.29. The number of halogens is 2. The lowest BCUT2D eigenvalue weighted by atomic mass is 10.0. The Labute approximate surface area is 220 Å². The number of likely N-dealkylation sites (tertiary alicyclic amines) is 1. The number of pyridine rings is 1. The third-order valence-electron chi connectivity index (χ3n) is 5.55. The van der Waals surface area contributed by atoms with E-state index in [1.54, 1.807) is 57.3 Å². The summed E-state index contributed by atoms with van der Waals surface area (Å²) in [6.45, 7) is 5.91. The van der Waals surface area contributed by atoms with Gasteiger partial charge in [0.2, 0.25) is 11.8 Å². The highest BCUT2D eigenvalue weighted by Crippen LogP contribution is 2.24. The molecule has 1 aliphatic rings. The zero-order valence-electron chi connectivity index (χ0n) is 20.5. The first-order valence-electron chi connectivity index (χ1n) is 11.6. The number of carbonyl (C=O) groups excluding carboxylic acids is 3. The summed E-state index contributed by atoms with van der Waals surface area (Å²) in [5.41, 5.74) is 6.40. The maximum atomic E-state index is 13.3. The molecule has 11 heteroatoms. The molecule has 9 nitrogen and oxygen atoms in total. The summed E-state index contributed by atoms with van der Waals surface area (Å²) in [5, 5.41) is 6.39. The van der Waals surface area contributed by atoms with E-state index in [4.69, 9.17) is 33.7 Å². The first kappa shape index (κ1) is 27.5. The lowest BCUT2D eigenvalue weighted by molar-refractivity contribution is -0.131. The average molecular weight is 536 g/mol. The SMILES string of the molecule is CC(C)(C)OC(=O)N1CCCC1C(=O)NC(Cc1ccc(Cl)c(Cl)c1)C(=O)NCc1ccc(N)nc1. The Morgan fingerprint density at radius 2 is 1.89 bits per heavy atom. The second-order valence-electron chi connectivity index (χ2n) is 9.65. The molecule has 4 N–H and O–H groups in total. The van der Waals surface area contributed by atoms with Crippen molar-refractivity contribution < 1.29 is 19.1 Å². The van der Waals surface area contributed by atoms with E-state index >= 15 is 0 Å². The normalized spacial score (nSPS) is 16.4. The lowest BCUT2D eigenvalue weighted by Crippen LogP contribution is -2.54. The topological polar surface area (TPSA) is 127 Å². The molecule has 3 rings (SSSR count). The van der Waals surface area contributed by atoms with E-state index in [9.17, 15) is 14.4 Å². The Balaban J connectivity index is 1.74. The van der Waals surface area contributed by atoms with E-state index in [0.29, 0.717) is 35.2 Å². The van der Waals surface area contributed by atoms with Crippen molar-refractivity contribution in [3.8, 4) is 0 Å². The quantitative estimate of drug-likeness (QED) is 0.495. The molecule has 3 amide bonds. The van der Waals surface area contributed by atoms with Crippen molar-refractivity contribution in [2.75, 3.05) is 12.3 Å². The molecule has 1 aliphatic heterocycles. The van der Waals surface area contributed by atoms with E-state index in [1.807, 2.05) is 0 Å². The number of amides is 3. The second kappa shape index (κ2) is 11.8. The van der Waals surface area contributed by atoms with Gasteiger partial charge in [0.25, 0.3) is 0 Å². The number of benzene rings is 1. The van der Waals surface area contributed by atoms with Crippen LogP contribution in [0.3, 0.4) is 0 Å². The maximum absolute atomic E-state index is 13.3. The van der Waals surface area contributed by atoms with Crippen LogP contribution in [0.4, 0.5) is 10.6 Å². The molecule has 194 valence electrons. The van der Waals surface area contributed by atoms with Gasteiger partial charge < -0.3 is 21.1 Å². The number of nitrogens with zero attached hydrogens (tertiary/aromatic N) is 2. The van der Waals surface area contributed by atoms with Crippen LogP contribution in [0, 0.1) is 0 Å². The van der Waals surface area contributed by atoms with E-state index in [-0.39, 0.29) is 13.0 Å². The summed E-state index contributed by atoms with van der Waals surface area (Å²) in [6.07, 6.45) is 2.32. The molecular weight excluding hydrogens is 505 g/mol. The van der Waals surface area contributed by atoms with Gasteiger partial charge in [-0.15, -0.1) is 0 Å². The zero-order valence-corrected chi connectivity index (χ0v) is 22.0. The van der Waals surface area contributed by atoms with Crippen LogP contribution in [-0.2, 0) is 27.3 Å². The molecule has 1 aromatic carbocycles. The lowest BCUT2D eigenvalue weighted by Gasteiger charge is -2.29. The standard InChI is InChI=1S/C25H31Cl2N5O4/c1-25(2,3)36-24(35)32-10-4-5-20(32)23(34)31-19(12-15-6-8-17(26)18(27)11-15)22(33)30-14-16-7-9-21(28)29-13-16/h6-9,11,13,19-20H,4-5,10,12,14H2,1-3H3,(H2,28,29)(H,30,33)(H,31,34). The number of aromatic nitrogens is 1. The van der Waals surface area contributed by atoms with Crippen molar-refractivity contribution in [2.45, 2.75) is 64.3 Å². The van der Waals surface area contributed by atoms with Gasteiger partial charge in [-0.2, -0.15) is 0 Å². The number of nitrogens with two attached hydrogens (primary N) is 1. The highest BCUT2D eigenvalue weighted by Gasteiger charge is 2.38. The van der Waals surface area contributed by atoms with Crippen molar-refractivity contribution >= 4 is 46.9 Å². The summed E-state index contributed by atoms with van der Waals surface area (Å²) < 4.78 is 5.46. The van der Waals surface area contributed by atoms with Gasteiger partial charge in [-0.05, 0) is 62.9 Å². The molecule has 2 heterocycles. The van der Waals surface area contributed by atoms with Gasteiger partial charge in [-0.25, -0.2) is 9.78 Å². The first-order chi connectivity index (χ1) is 16.9. The molecule has 1 saturated heterocycles. The Kier molecular flexibility index (Phi) is 9.03. The highest BCUT2D eigenvalue weighted by molar-refractivity contribution is 6.42. The van der Waals surface area contributed by atoms with Crippen LogP contribution in [-0.4, -0.2) is 52.0 Å². The van der Waals surface area contributed by atoms with Gasteiger partial charge in [-0.3, -0.25) is 14.5 Å². The second-order valence-corrected chi connectivity index (χ2v) is 10.5. The minimum atomic E-state index is -0.919. The van der Waals surface area contributed by atoms with E-state index in [1.165, 1.54) is 4.90 Å². The Morgan fingerprint density at radius 3 is 2.53 bits per heavy atom. The molecule has 0 aliphatic carbocycles. The van der Waals surface area contributed by atoms with Crippen LogP contribution < -0.4 is 16.4 Å². The number of nitrogen functional groups attached to an aromatic ring is 1. The van der Waals surface area contributed by atoms with Gasteiger partial charge in [0.05, 0.1) is 10.0 Å². The Morgan fingerprint density at radius 1 is 1.17 bits per heavy atom. The molecule has 2 unspecified atom stereocenters. The number of rotatable bonds is 7. The fourth-order valence-electron chi connectivity index (χ4n) is 3.81. The number of carbonyl (C=O) groups is 3. The third kappa shape index (κ3) is 7.73. The average Bonchev–Trinajstić information content (AvgIpc) is 3.30. The molecular formula is C25H31Cl2N5O4. The largest absolute Gasteiger partial charge is 0.444 e. The van der Waals surface area contributed by atoms with Gasteiger partial charge in [0, 0.05) is 25.7 Å². The summed E-state index contributed by atoms with van der Waals surface area (Å²) >= 11 is 12.2. The summed E-state index contributed by atoms with van der Waals surface area (Å²) in [5.74, 6) is -0.443. The molecule has 1 aromatic heterocycles. The van der Waals surface area contributed by atoms with Crippen LogP contribution in [0.25, 0.3) is 0 Å². The van der Waals surface area contributed by atoms with Crippen LogP contribution in [0.15, 0.2) is 36.5 Å². The van der Waals surface area contributed by atoms with Crippen molar-refractivity contribution in [1.82, 2.24) is 20.5 Å². The van der Waals surface area contributed by atoms with E-state index in [2.05, 4.69) is 15.6 Å². The zero-order chi connectivity index (χ0) is 26.5. The highest BCUT2D eigenvalue weighted by atomic mass is 35.5. The predicted molar refractivity (Wildman–Crippen MR) is 139 cm³/mol. The summed E-state index contributed by atoms with van der Waals surface area (Å²) in [6, 6.07) is 6.78. The smallest absolute Gasteiger partial charge is 0.410 e. The fourth-order valence-corrected chi connectivity index (χ4v) is 4.13. The van der Waals surface area contributed by atoms with Crippen LogP contribution >= 0.6 is 23.2 Å². The van der Waals surface area contributed by atoms with Crippen LogP contribution in [0.5, 0.6) is 0 Å². The van der Waals surface area contributed by atoms with Crippen LogP contribution in [0.1, 0.15) is 44.7 Å². The molecule has 2 aromatic rings. The van der Waals surface area contributed by atoms with Gasteiger partial charge in [0.1, 0.15) is 23.5 Å². The van der Waals surface area contributed by atoms with Gasteiger partial charge in [-0.1, -0.05) is 35.3 Å². The van der Waals surface area contributed by atoms with Gasteiger partial charge >= 0.3 is 6.09 Å². The van der Waals surface area contributed by atoms with Crippen molar-refractivity contribution in [1.29, 1.82) is 0 Å². The van der Waals surface area contributed by atoms with Crippen molar-refractivity contribution in [2.24, 2.45) is 0 Å². The number of nitrogens with one attached hydrogen (secondary N) is 2. The Hall–Kier alpha value is -3.04. The van der Waals surface area contributed by atoms with E-state index in [0.717, 1.165) is 11.1 Å². The molecule has 2 atom stereocenters. The Bertz CT molecular complexity index is 1100. The van der Waals surface area contributed by atoms with Gasteiger partial charge in [0.15, 0.2) is 0 Å². The molecule has 0 spiro atoms. The molecule has 0 radical (unpaired) electrons. The molecule has 1 fully saturated rings. The number of hydrogen-bond acceptors (Lipinski definition) is 6. The molecule has 0 bridgehead atoms. The molecule has 0 saturated carbocycles. The number of anilines is 1. The van der Waals surface area contributed by atoms with Crippen LogP contribution in [0.2, 0.25) is 10.0 Å². The monoisotopic (exact) mass is 535 g/mol. The number of hydrogen-bond donors (Lipinski definition) is 3. The predicted octanol–water partition coefficient (Wildman–Crippen LogP) is 3.71. The summed E-state index contributed by atoms with van der Waals surface area (Å²) in [4.78, 5) is 44.5. The first-order valence-corrected chi connectivity index (χ1v) is 12.4. The summed E-state index contributed by atoms with van der Waals surface area (Å²) in [7, 11) is 0. The minimum absolute atomic E-state index is 0.174. The van der Waals surface area contributed by atoms with E-state index < -0.39 is 35.6 Å². The number of ether oxygens (including phenoxy) is 1. The fraction of sp³-hybridized carbons (Fsp3) is 0.440.